The van der Waals surface area contributed by atoms with E-state index in [1.54, 1.807) is 16.7 Å². The lowest BCUT2D eigenvalue weighted by Gasteiger charge is -2.38. The van der Waals surface area contributed by atoms with Gasteiger partial charge in [-0.2, -0.15) is 0 Å². The number of likely N-dealkylation sites (tertiary alicyclic amines) is 1. The first-order valence-corrected chi connectivity index (χ1v) is 13.0. The second-order valence-electron chi connectivity index (χ2n) is 8.97. The van der Waals surface area contributed by atoms with E-state index in [2.05, 4.69) is 11.5 Å². The van der Waals surface area contributed by atoms with Crippen molar-refractivity contribution in [3.8, 4) is 0 Å². The number of hydrogen-bond donors (Lipinski definition) is 0. The molecule has 1 saturated heterocycles. The maximum Gasteiger partial charge on any atom is 0.333 e. The van der Waals surface area contributed by atoms with E-state index in [-0.39, 0.29) is 17.6 Å². The highest BCUT2D eigenvalue weighted by molar-refractivity contribution is 6.42. The summed E-state index contributed by atoms with van der Waals surface area (Å²) in [5.41, 5.74) is 3.39. The third kappa shape index (κ3) is 5.20. The largest absolute Gasteiger partial charge is 0.333 e. The van der Waals surface area contributed by atoms with Gasteiger partial charge in [-0.3, -0.25) is 13.9 Å². The molecule has 6 nitrogen and oxygen atoms in total. The van der Waals surface area contributed by atoms with E-state index in [0.717, 1.165) is 54.9 Å². The molecule has 0 saturated carbocycles. The van der Waals surface area contributed by atoms with Crippen LogP contribution >= 0.6 is 23.2 Å². The van der Waals surface area contributed by atoms with Gasteiger partial charge < -0.3 is 9.80 Å². The molecule has 0 unspecified atom stereocenters. The fourth-order valence-corrected chi connectivity index (χ4v) is 5.19. The zero-order chi connectivity index (χ0) is 25.1. The monoisotopic (exact) mass is 514 g/mol. The highest BCUT2D eigenvalue weighted by Crippen LogP contribution is 2.31. The quantitative estimate of drug-likeness (QED) is 0.376. The average molecular weight is 515 g/mol. The van der Waals surface area contributed by atoms with Crippen molar-refractivity contribution in [2.75, 3.05) is 24.5 Å². The van der Waals surface area contributed by atoms with Gasteiger partial charge >= 0.3 is 5.69 Å². The lowest BCUT2D eigenvalue weighted by molar-refractivity contribution is -0.119. The molecule has 0 N–H and O–H groups in total. The Hall–Kier alpha value is -2.54. The number of fused-ring (bicyclic) bond motifs is 1. The second-order valence-corrected chi connectivity index (χ2v) is 9.78. The van der Waals surface area contributed by atoms with Crippen molar-refractivity contribution in [3.63, 3.8) is 0 Å². The van der Waals surface area contributed by atoms with Crippen LogP contribution in [0.3, 0.4) is 0 Å². The molecule has 0 spiro atoms. The van der Waals surface area contributed by atoms with Crippen LogP contribution in [0.25, 0.3) is 16.7 Å². The molecule has 4 rings (SSSR count). The summed E-state index contributed by atoms with van der Waals surface area (Å²) in [7, 11) is 0. The number of piperidine rings is 1. The van der Waals surface area contributed by atoms with E-state index in [4.69, 9.17) is 23.2 Å². The molecular formula is C27H32Cl2N4O2. The molecule has 1 aliphatic rings. The SMILES string of the molecule is C=C(CC)n1c(=O)n(CCN2CCC(N(C(=O)CC)c3ccc(Cl)c(Cl)c3)CC2)c2ccccc21. The molecule has 0 radical (unpaired) electrons. The molecular weight excluding hydrogens is 483 g/mol. The summed E-state index contributed by atoms with van der Waals surface area (Å²) >= 11 is 12.3. The molecule has 186 valence electrons. The summed E-state index contributed by atoms with van der Waals surface area (Å²) in [6.07, 6.45) is 2.86. The Morgan fingerprint density at radius 3 is 2.31 bits per heavy atom. The van der Waals surface area contributed by atoms with Gasteiger partial charge in [0, 0.05) is 50.0 Å². The number of anilines is 1. The zero-order valence-corrected chi connectivity index (χ0v) is 21.9. The standard InChI is InChI=1S/C27H32Cl2N4O2/c1-4-19(3)32-25-9-7-6-8-24(25)31(27(32)35)17-16-30-14-12-20(13-15-30)33(26(34)5-2)21-10-11-22(28)23(29)18-21/h6-11,18,20H,3-5,12-17H2,1-2H3. The van der Waals surface area contributed by atoms with Gasteiger partial charge in [0.15, 0.2) is 0 Å². The van der Waals surface area contributed by atoms with Crippen molar-refractivity contribution < 1.29 is 4.79 Å². The molecule has 1 fully saturated rings. The number of imidazole rings is 1. The normalized spacial score (nSPS) is 15.0. The Bertz CT molecular complexity index is 1290. The van der Waals surface area contributed by atoms with Gasteiger partial charge in [0.2, 0.25) is 5.91 Å². The smallest absolute Gasteiger partial charge is 0.309 e. The van der Waals surface area contributed by atoms with Gasteiger partial charge in [-0.25, -0.2) is 4.79 Å². The molecule has 2 heterocycles. The molecule has 8 heteroatoms. The predicted molar refractivity (Wildman–Crippen MR) is 146 cm³/mol. The van der Waals surface area contributed by atoms with Gasteiger partial charge in [-0.05, 0) is 49.6 Å². The highest BCUT2D eigenvalue weighted by Gasteiger charge is 2.29. The third-order valence-electron chi connectivity index (χ3n) is 6.87. The second kappa shape index (κ2) is 11.0. The van der Waals surface area contributed by atoms with E-state index in [0.29, 0.717) is 29.4 Å². The first kappa shape index (κ1) is 25.5. The molecule has 1 aromatic heterocycles. The van der Waals surface area contributed by atoms with E-state index >= 15 is 0 Å². The van der Waals surface area contributed by atoms with Crippen molar-refractivity contribution in [2.45, 2.75) is 52.1 Å². The average Bonchev–Trinajstić information content (AvgIpc) is 3.16. The molecule has 1 aliphatic heterocycles. The van der Waals surface area contributed by atoms with Crippen LogP contribution < -0.4 is 10.6 Å². The number of para-hydroxylation sites is 2. The number of carbonyl (C=O) groups is 1. The van der Waals surface area contributed by atoms with Crippen LogP contribution in [0, 0.1) is 0 Å². The molecule has 1 amide bonds. The van der Waals surface area contributed by atoms with E-state index in [1.165, 1.54) is 0 Å². The number of hydrogen-bond acceptors (Lipinski definition) is 3. The summed E-state index contributed by atoms with van der Waals surface area (Å²) < 4.78 is 3.58. The fraction of sp³-hybridized carbons (Fsp3) is 0.407. The minimum atomic E-state index is -0.0349. The summed E-state index contributed by atoms with van der Waals surface area (Å²) in [5.74, 6) is 0.0809. The first-order chi connectivity index (χ1) is 16.8. The summed E-state index contributed by atoms with van der Waals surface area (Å²) in [5, 5.41) is 0.930. The van der Waals surface area contributed by atoms with E-state index in [1.807, 2.05) is 53.6 Å². The Balaban J connectivity index is 1.46. The maximum atomic E-state index is 13.2. The maximum absolute atomic E-state index is 13.2. The summed E-state index contributed by atoms with van der Waals surface area (Å²) in [6.45, 7) is 11.1. The number of halogens is 2. The molecule has 0 atom stereocenters. The van der Waals surface area contributed by atoms with Crippen molar-refractivity contribution in [3.05, 3.63) is 69.6 Å². The van der Waals surface area contributed by atoms with Crippen LogP contribution in [0.1, 0.15) is 39.5 Å². The van der Waals surface area contributed by atoms with Gasteiger partial charge in [0.1, 0.15) is 0 Å². The van der Waals surface area contributed by atoms with E-state index in [9.17, 15) is 9.59 Å². The van der Waals surface area contributed by atoms with Crippen LogP contribution in [0.4, 0.5) is 5.69 Å². The minimum absolute atomic E-state index is 0.0349. The van der Waals surface area contributed by atoms with Crippen LogP contribution in [0.2, 0.25) is 10.0 Å². The number of aromatic nitrogens is 2. The van der Waals surface area contributed by atoms with Crippen molar-refractivity contribution in [1.29, 1.82) is 0 Å². The Kier molecular flexibility index (Phi) is 8.05. The number of benzene rings is 2. The van der Waals surface area contributed by atoms with Gasteiger partial charge in [-0.1, -0.05) is 55.8 Å². The first-order valence-electron chi connectivity index (χ1n) is 12.2. The lowest BCUT2D eigenvalue weighted by atomic mass is 10.0. The summed E-state index contributed by atoms with van der Waals surface area (Å²) in [4.78, 5) is 30.3. The number of rotatable bonds is 8. The zero-order valence-electron chi connectivity index (χ0n) is 20.3. The minimum Gasteiger partial charge on any atom is -0.309 e. The Morgan fingerprint density at radius 1 is 1.00 bits per heavy atom. The number of allylic oxidation sites excluding steroid dienone is 1. The topological polar surface area (TPSA) is 50.5 Å². The highest BCUT2D eigenvalue weighted by atomic mass is 35.5. The van der Waals surface area contributed by atoms with E-state index < -0.39 is 0 Å². The molecule has 35 heavy (non-hydrogen) atoms. The Morgan fingerprint density at radius 2 is 1.69 bits per heavy atom. The van der Waals surface area contributed by atoms with Crippen LogP contribution in [0.15, 0.2) is 53.8 Å². The van der Waals surface area contributed by atoms with Gasteiger partial charge in [-0.15, -0.1) is 0 Å². The molecule has 0 bridgehead atoms. The molecule has 2 aromatic carbocycles. The van der Waals surface area contributed by atoms with Crippen LogP contribution in [-0.2, 0) is 11.3 Å². The predicted octanol–water partition coefficient (Wildman–Crippen LogP) is 5.90. The fourth-order valence-electron chi connectivity index (χ4n) is 4.89. The number of nitrogens with zero attached hydrogens (tertiary/aromatic N) is 4. The third-order valence-corrected chi connectivity index (χ3v) is 7.61. The van der Waals surface area contributed by atoms with Crippen molar-refractivity contribution in [1.82, 2.24) is 14.0 Å². The number of amides is 1. The molecule has 3 aromatic rings. The Labute approximate surface area is 216 Å². The van der Waals surface area contributed by atoms with Gasteiger partial charge in [0.05, 0.1) is 21.1 Å². The van der Waals surface area contributed by atoms with Crippen molar-refractivity contribution >= 4 is 51.5 Å². The summed E-state index contributed by atoms with van der Waals surface area (Å²) in [6, 6.07) is 13.4. The number of carbonyl (C=O) groups excluding carboxylic acids is 1. The lowest BCUT2D eigenvalue weighted by Crippen LogP contribution is -2.48. The van der Waals surface area contributed by atoms with Crippen LogP contribution in [0.5, 0.6) is 0 Å². The molecule has 0 aliphatic carbocycles. The van der Waals surface area contributed by atoms with Crippen LogP contribution in [-0.4, -0.2) is 45.6 Å². The van der Waals surface area contributed by atoms with Crippen molar-refractivity contribution in [2.24, 2.45) is 0 Å². The van der Waals surface area contributed by atoms with Gasteiger partial charge in [0.25, 0.3) is 0 Å².